The molecule has 0 aliphatic carbocycles. The van der Waals surface area contributed by atoms with Crippen LogP contribution in [0.25, 0.3) is 21.8 Å². The Morgan fingerprint density at radius 2 is 1.84 bits per heavy atom. The quantitative estimate of drug-likeness (QED) is 0.244. The lowest BCUT2D eigenvalue weighted by atomic mass is 10.2. The zero-order valence-electron chi connectivity index (χ0n) is 20.2. The molecular formula is C29H25N5O3. The Labute approximate surface area is 213 Å². The molecule has 0 aliphatic rings. The number of nitrogens with one attached hydrogen (secondary N) is 2. The van der Waals surface area contributed by atoms with Crippen LogP contribution in [0.3, 0.4) is 0 Å². The summed E-state index contributed by atoms with van der Waals surface area (Å²) in [6.07, 6.45) is 5.09. The van der Waals surface area contributed by atoms with Gasteiger partial charge < -0.3 is 14.6 Å². The highest BCUT2D eigenvalue weighted by molar-refractivity contribution is 6.01. The van der Waals surface area contributed by atoms with E-state index in [0.29, 0.717) is 11.3 Å². The van der Waals surface area contributed by atoms with Crippen LogP contribution < -0.4 is 15.5 Å². The lowest BCUT2D eigenvalue weighted by molar-refractivity contribution is -0.123. The van der Waals surface area contributed by atoms with Gasteiger partial charge in [-0.1, -0.05) is 48.5 Å². The average molecular weight is 492 g/mol. The Morgan fingerprint density at radius 3 is 2.73 bits per heavy atom. The lowest BCUT2D eigenvalue weighted by Gasteiger charge is -2.08. The molecule has 0 saturated carbocycles. The Morgan fingerprint density at radius 1 is 1.00 bits per heavy atom. The van der Waals surface area contributed by atoms with Crippen molar-refractivity contribution in [3.8, 4) is 5.75 Å². The highest BCUT2D eigenvalue weighted by atomic mass is 16.5. The van der Waals surface area contributed by atoms with Crippen LogP contribution in [0, 0.1) is 6.92 Å². The number of fused-ring (bicyclic) bond motifs is 2. The molecule has 2 heterocycles. The summed E-state index contributed by atoms with van der Waals surface area (Å²) in [5.74, 6) is -0.00193. The third kappa shape index (κ3) is 5.65. The standard InChI is InChI=1S/C29H25N5O3/c1-20-7-4-10-23(15-20)32-27(35)18-34-17-22(24-11-2-3-12-25(24)34)16-31-33-28(36)19-37-26-13-5-8-21-9-6-14-30-29(21)26/h2-17H,18-19H2,1H3,(H,32,35)(H,33,36)/b31-16-. The molecule has 0 unspecified atom stereocenters. The third-order valence-corrected chi connectivity index (χ3v) is 5.78. The van der Waals surface area contributed by atoms with E-state index in [-0.39, 0.29) is 19.1 Å². The maximum absolute atomic E-state index is 12.7. The van der Waals surface area contributed by atoms with Gasteiger partial charge in [-0.3, -0.25) is 14.6 Å². The predicted molar refractivity (Wildman–Crippen MR) is 145 cm³/mol. The minimum Gasteiger partial charge on any atom is -0.481 e. The van der Waals surface area contributed by atoms with Crippen molar-refractivity contribution in [1.29, 1.82) is 0 Å². The molecule has 8 nitrogen and oxygen atoms in total. The number of para-hydroxylation sites is 2. The first-order valence-corrected chi connectivity index (χ1v) is 11.8. The van der Waals surface area contributed by atoms with E-state index in [4.69, 9.17) is 4.74 Å². The molecule has 2 aromatic heterocycles. The van der Waals surface area contributed by atoms with E-state index < -0.39 is 5.91 Å². The molecule has 5 rings (SSSR count). The van der Waals surface area contributed by atoms with Crippen LogP contribution in [-0.2, 0) is 16.1 Å². The second-order valence-electron chi connectivity index (χ2n) is 8.56. The smallest absolute Gasteiger partial charge is 0.277 e. The van der Waals surface area contributed by atoms with Crippen LogP contribution in [0.2, 0.25) is 0 Å². The van der Waals surface area contributed by atoms with E-state index in [1.54, 1.807) is 18.5 Å². The summed E-state index contributed by atoms with van der Waals surface area (Å²) >= 11 is 0. The number of pyridine rings is 1. The topological polar surface area (TPSA) is 97.6 Å². The summed E-state index contributed by atoms with van der Waals surface area (Å²) in [5, 5.41) is 8.89. The second kappa shape index (κ2) is 10.7. The van der Waals surface area contributed by atoms with E-state index in [1.807, 2.05) is 90.5 Å². The minimum absolute atomic E-state index is 0.136. The molecule has 2 amide bonds. The van der Waals surface area contributed by atoms with E-state index in [9.17, 15) is 9.59 Å². The molecule has 0 saturated heterocycles. The normalized spacial score (nSPS) is 11.2. The van der Waals surface area contributed by atoms with Gasteiger partial charge in [0.1, 0.15) is 17.8 Å². The lowest BCUT2D eigenvalue weighted by Crippen LogP contribution is -2.24. The molecule has 0 atom stereocenters. The molecule has 5 aromatic rings. The fourth-order valence-electron chi connectivity index (χ4n) is 4.13. The minimum atomic E-state index is -0.398. The Hall–Kier alpha value is -4.98. The average Bonchev–Trinajstić information content (AvgIpc) is 3.24. The van der Waals surface area contributed by atoms with Gasteiger partial charge in [0.05, 0.1) is 6.21 Å². The van der Waals surface area contributed by atoms with Crippen LogP contribution in [0.1, 0.15) is 11.1 Å². The number of anilines is 1. The van der Waals surface area contributed by atoms with Crippen LogP contribution >= 0.6 is 0 Å². The van der Waals surface area contributed by atoms with E-state index in [2.05, 4.69) is 20.8 Å². The number of aryl methyl sites for hydroxylation is 1. The van der Waals surface area contributed by atoms with Crippen molar-refractivity contribution in [2.24, 2.45) is 5.10 Å². The van der Waals surface area contributed by atoms with Gasteiger partial charge in [-0.15, -0.1) is 0 Å². The molecule has 0 fully saturated rings. The number of hydrogen-bond donors (Lipinski definition) is 2. The number of benzene rings is 3. The van der Waals surface area contributed by atoms with Crippen molar-refractivity contribution in [3.05, 3.63) is 102 Å². The van der Waals surface area contributed by atoms with Crippen molar-refractivity contribution in [2.75, 3.05) is 11.9 Å². The maximum atomic E-state index is 12.7. The van der Waals surface area contributed by atoms with Gasteiger partial charge in [-0.25, -0.2) is 5.43 Å². The van der Waals surface area contributed by atoms with Gasteiger partial charge in [0.15, 0.2) is 6.61 Å². The number of carbonyl (C=O) groups excluding carboxylic acids is 2. The number of ether oxygens (including phenoxy) is 1. The fourth-order valence-corrected chi connectivity index (χ4v) is 4.13. The number of aromatic nitrogens is 2. The summed E-state index contributed by atoms with van der Waals surface area (Å²) in [5.41, 5.74) is 6.69. The van der Waals surface area contributed by atoms with Crippen LogP contribution in [0.4, 0.5) is 5.69 Å². The summed E-state index contributed by atoms with van der Waals surface area (Å²) in [6, 6.07) is 24.7. The van der Waals surface area contributed by atoms with Gasteiger partial charge in [0.2, 0.25) is 5.91 Å². The van der Waals surface area contributed by atoms with Crippen molar-refractivity contribution >= 4 is 45.5 Å². The molecule has 0 bridgehead atoms. The summed E-state index contributed by atoms with van der Waals surface area (Å²) in [4.78, 5) is 29.3. The Kier molecular flexibility index (Phi) is 6.89. The molecule has 37 heavy (non-hydrogen) atoms. The summed E-state index contributed by atoms with van der Waals surface area (Å²) in [7, 11) is 0. The first-order chi connectivity index (χ1) is 18.1. The van der Waals surface area contributed by atoms with Gasteiger partial charge in [-0.2, -0.15) is 5.10 Å². The zero-order valence-corrected chi connectivity index (χ0v) is 20.2. The highest BCUT2D eigenvalue weighted by Crippen LogP contribution is 2.23. The third-order valence-electron chi connectivity index (χ3n) is 5.78. The molecule has 8 heteroatoms. The fraction of sp³-hybridized carbons (Fsp3) is 0.103. The Bertz CT molecular complexity index is 1620. The monoisotopic (exact) mass is 491 g/mol. The number of carbonyl (C=O) groups is 2. The van der Waals surface area contributed by atoms with Crippen molar-refractivity contribution in [3.63, 3.8) is 0 Å². The molecule has 184 valence electrons. The molecule has 2 N–H and O–H groups in total. The summed E-state index contributed by atoms with van der Waals surface area (Å²) in [6.45, 7) is 1.92. The van der Waals surface area contributed by atoms with E-state index in [1.165, 1.54) is 0 Å². The van der Waals surface area contributed by atoms with E-state index in [0.717, 1.165) is 33.1 Å². The molecule has 0 radical (unpaired) electrons. The van der Waals surface area contributed by atoms with Crippen LogP contribution in [-0.4, -0.2) is 34.2 Å². The molecular weight excluding hydrogens is 466 g/mol. The van der Waals surface area contributed by atoms with Gasteiger partial charge in [0.25, 0.3) is 5.91 Å². The largest absolute Gasteiger partial charge is 0.481 e. The summed E-state index contributed by atoms with van der Waals surface area (Å²) < 4.78 is 7.52. The second-order valence-corrected chi connectivity index (χ2v) is 8.56. The predicted octanol–water partition coefficient (Wildman–Crippen LogP) is 4.67. The number of hydrogen-bond acceptors (Lipinski definition) is 5. The number of rotatable bonds is 8. The number of amides is 2. The number of hydrazone groups is 1. The van der Waals surface area contributed by atoms with Gasteiger partial charge >= 0.3 is 0 Å². The molecule has 3 aromatic carbocycles. The van der Waals surface area contributed by atoms with Crippen molar-refractivity contribution in [2.45, 2.75) is 13.5 Å². The molecule has 0 aliphatic heterocycles. The molecule has 0 spiro atoms. The first kappa shape index (κ1) is 23.7. The highest BCUT2D eigenvalue weighted by Gasteiger charge is 2.11. The number of nitrogens with zero attached hydrogens (tertiary/aromatic N) is 3. The van der Waals surface area contributed by atoms with Gasteiger partial charge in [0, 0.05) is 39.9 Å². The van der Waals surface area contributed by atoms with E-state index >= 15 is 0 Å². The van der Waals surface area contributed by atoms with Gasteiger partial charge in [-0.05, 0) is 42.8 Å². The van der Waals surface area contributed by atoms with Crippen LogP contribution in [0.15, 0.2) is 96.4 Å². The van der Waals surface area contributed by atoms with Crippen molar-refractivity contribution < 1.29 is 14.3 Å². The van der Waals surface area contributed by atoms with Crippen LogP contribution in [0.5, 0.6) is 5.75 Å². The van der Waals surface area contributed by atoms with Crippen molar-refractivity contribution in [1.82, 2.24) is 15.0 Å². The maximum Gasteiger partial charge on any atom is 0.277 e. The SMILES string of the molecule is Cc1cccc(NC(=O)Cn2cc(/C=N\NC(=O)COc3cccc4cccnc34)c3ccccc32)c1. The zero-order chi connectivity index (χ0) is 25.6. The first-order valence-electron chi connectivity index (χ1n) is 11.8. The Balaban J connectivity index is 1.23.